The highest BCUT2D eigenvalue weighted by molar-refractivity contribution is 7.99. The molecule has 0 atom stereocenters. The molecule has 0 spiro atoms. The number of thioether (sulfide) groups is 1. The predicted molar refractivity (Wildman–Crippen MR) is 71.2 cm³/mol. The van der Waals surface area contributed by atoms with E-state index in [0.29, 0.717) is 5.69 Å². The minimum absolute atomic E-state index is 0.474. The second-order valence-corrected chi connectivity index (χ2v) is 5.12. The number of nitrogens with zero attached hydrogens (tertiary/aromatic N) is 3. The van der Waals surface area contributed by atoms with Crippen LogP contribution in [0.15, 0.2) is 18.3 Å². The number of aromatic nitrogens is 1. The van der Waals surface area contributed by atoms with Crippen molar-refractivity contribution in [3.05, 3.63) is 24.0 Å². The molecule has 1 N–H and O–H groups in total. The minimum atomic E-state index is 0.474. The summed E-state index contributed by atoms with van der Waals surface area (Å²) >= 11 is 2.02. The van der Waals surface area contributed by atoms with Crippen LogP contribution in [0, 0.1) is 11.3 Å². The van der Waals surface area contributed by atoms with Crippen LogP contribution in [0.1, 0.15) is 5.69 Å². The van der Waals surface area contributed by atoms with Crippen molar-refractivity contribution in [2.75, 3.05) is 43.0 Å². The zero-order valence-electron chi connectivity index (χ0n) is 9.72. The molecule has 0 radical (unpaired) electrons. The summed E-state index contributed by atoms with van der Waals surface area (Å²) < 4.78 is 0. The Balaban J connectivity index is 1.79. The molecule has 0 amide bonds. The van der Waals surface area contributed by atoms with Crippen molar-refractivity contribution in [2.45, 2.75) is 0 Å². The number of nitrogens with one attached hydrogen (secondary N) is 1. The fourth-order valence-corrected chi connectivity index (χ4v) is 2.79. The molecule has 1 aliphatic heterocycles. The summed E-state index contributed by atoms with van der Waals surface area (Å²) in [5.41, 5.74) is 1.31. The van der Waals surface area contributed by atoms with E-state index in [1.165, 1.54) is 24.6 Å². The highest BCUT2D eigenvalue weighted by atomic mass is 32.2. The summed E-state index contributed by atoms with van der Waals surface area (Å²) in [6.07, 6.45) is 1.64. The number of nitriles is 1. The Morgan fingerprint density at radius 1 is 1.47 bits per heavy atom. The van der Waals surface area contributed by atoms with E-state index in [2.05, 4.69) is 21.3 Å². The third-order valence-electron chi connectivity index (χ3n) is 2.76. The van der Waals surface area contributed by atoms with E-state index in [4.69, 9.17) is 5.26 Å². The molecule has 0 bridgehead atoms. The van der Waals surface area contributed by atoms with Gasteiger partial charge in [0.25, 0.3) is 0 Å². The molecule has 1 saturated heterocycles. The molecule has 90 valence electrons. The molecule has 1 aromatic heterocycles. The minimum Gasteiger partial charge on any atom is -0.381 e. The molecule has 4 nitrogen and oxygen atoms in total. The molecule has 2 heterocycles. The van der Waals surface area contributed by atoms with Gasteiger partial charge in [-0.2, -0.15) is 17.0 Å². The van der Waals surface area contributed by atoms with Crippen LogP contribution in [0.25, 0.3) is 0 Å². The van der Waals surface area contributed by atoms with Gasteiger partial charge in [-0.1, -0.05) is 0 Å². The van der Waals surface area contributed by atoms with Crippen molar-refractivity contribution in [3.63, 3.8) is 0 Å². The first kappa shape index (κ1) is 12.2. The highest BCUT2D eigenvalue weighted by Crippen LogP contribution is 2.11. The van der Waals surface area contributed by atoms with Crippen molar-refractivity contribution in [1.82, 2.24) is 9.88 Å². The van der Waals surface area contributed by atoms with E-state index >= 15 is 0 Å². The first-order valence-electron chi connectivity index (χ1n) is 5.79. The van der Waals surface area contributed by atoms with Crippen LogP contribution in [0.5, 0.6) is 0 Å². The topological polar surface area (TPSA) is 52.0 Å². The fraction of sp³-hybridized carbons (Fsp3) is 0.500. The van der Waals surface area contributed by atoms with E-state index in [1.807, 2.05) is 23.9 Å². The van der Waals surface area contributed by atoms with E-state index in [-0.39, 0.29) is 0 Å². The number of anilines is 1. The lowest BCUT2D eigenvalue weighted by molar-refractivity contribution is 0.314. The molecule has 1 aromatic rings. The highest BCUT2D eigenvalue weighted by Gasteiger charge is 2.09. The number of rotatable bonds is 4. The van der Waals surface area contributed by atoms with Crippen LogP contribution in [0.2, 0.25) is 0 Å². The summed E-state index contributed by atoms with van der Waals surface area (Å²) in [7, 11) is 0. The Labute approximate surface area is 106 Å². The lowest BCUT2D eigenvalue weighted by Gasteiger charge is -2.26. The number of hydrogen-bond donors (Lipinski definition) is 1. The van der Waals surface area contributed by atoms with Gasteiger partial charge in [-0.25, -0.2) is 4.98 Å². The van der Waals surface area contributed by atoms with Gasteiger partial charge in [0.15, 0.2) is 5.69 Å². The van der Waals surface area contributed by atoms with Crippen molar-refractivity contribution >= 4 is 17.4 Å². The monoisotopic (exact) mass is 248 g/mol. The van der Waals surface area contributed by atoms with Crippen LogP contribution in [-0.2, 0) is 0 Å². The predicted octanol–water partition coefficient (Wildman–Crippen LogP) is 1.41. The van der Waals surface area contributed by atoms with Gasteiger partial charge in [-0.05, 0) is 12.1 Å². The van der Waals surface area contributed by atoms with Gasteiger partial charge in [0.2, 0.25) is 0 Å². The Morgan fingerprint density at radius 2 is 2.29 bits per heavy atom. The average molecular weight is 248 g/mol. The van der Waals surface area contributed by atoms with Crippen molar-refractivity contribution in [2.24, 2.45) is 0 Å². The summed E-state index contributed by atoms with van der Waals surface area (Å²) in [4.78, 5) is 6.47. The number of pyridine rings is 1. The summed E-state index contributed by atoms with van der Waals surface area (Å²) in [5.74, 6) is 2.46. The van der Waals surface area contributed by atoms with Crippen LogP contribution >= 0.6 is 11.8 Å². The number of hydrogen-bond acceptors (Lipinski definition) is 5. The second-order valence-electron chi connectivity index (χ2n) is 3.89. The molecule has 0 saturated carbocycles. The first-order chi connectivity index (χ1) is 8.40. The Bertz CT molecular complexity index is 396. The maximum Gasteiger partial charge on any atom is 0.163 e. The Hall–Kier alpha value is -1.25. The first-order valence-corrected chi connectivity index (χ1v) is 6.95. The van der Waals surface area contributed by atoms with Gasteiger partial charge in [0.1, 0.15) is 6.07 Å². The standard InChI is InChI=1S/C12H16N4S/c13-10-12-11(2-1-3-14-12)15-4-5-16-6-8-17-9-7-16/h1-3,15H,4-9H2. The van der Waals surface area contributed by atoms with Gasteiger partial charge in [-0.3, -0.25) is 4.90 Å². The molecule has 2 rings (SSSR count). The molecule has 17 heavy (non-hydrogen) atoms. The van der Waals surface area contributed by atoms with E-state index < -0.39 is 0 Å². The third kappa shape index (κ3) is 3.62. The van der Waals surface area contributed by atoms with Crippen molar-refractivity contribution in [1.29, 1.82) is 5.26 Å². The average Bonchev–Trinajstić information content (AvgIpc) is 2.40. The van der Waals surface area contributed by atoms with Gasteiger partial charge >= 0.3 is 0 Å². The fourth-order valence-electron chi connectivity index (χ4n) is 1.81. The largest absolute Gasteiger partial charge is 0.381 e. The summed E-state index contributed by atoms with van der Waals surface area (Å²) in [6.45, 7) is 4.24. The normalized spacial score (nSPS) is 16.4. The van der Waals surface area contributed by atoms with Crippen LogP contribution in [-0.4, -0.2) is 47.6 Å². The Morgan fingerprint density at radius 3 is 3.06 bits per heavy atom. The molecule has 0 aliphatic carbocycles. The maximum atomic E-state index is 8.90. The molecular weight excluding hydrogens is 232 g/mol. The van der Waals surface area contributed by atoms with E-state index in [1.54, 1.807) is 6.20 Å². The lowest BCUT2D eigenvalue weighted by Crippen LogP contribution is -2.36. The Kier molecular flexibility index (Phi) is 4.65. The smallest absolute Gasteiger partial charge is 0.163 e. The van der Waals surface area contributed by atoms with Gasteiger partial charge in [0, 0.05) is 43.9 Å². The van der Waals surface area contributed by atoms with Gasteiger partial charge in [0.05, 0.1) is 5.69 Å². The molecule has 1 fully saturated rings. The van der Waals surface area contributed by atoms with E-state index in [9.17, 15) is 0 Å². The zero-order valence-corrected chi connectivity index (χ0v) is 10.5. The molecule has 5 heteroatoms. The van der Waals surface area contributed by atoms with E-state index in [0.717, 1.165) is 18.8 Å². The van der Waals surface area contributed by atoms with Gasteiger partial charge in [-0.15, -0.1) is 0 Å². The van der Waals surface area contributed by atoms with Gasteiger partial charge < -0.3 is 5.32 Å². The van der Waals surface area contributed by atoms with Crippen LogP contribution < -0.4 is 5.32 Å². The summed E-state index contributed by atoms with van der Waals surface area (Å²) in [5, 5.41) is 12.2. The maximum absolute atomic E-state index is 8.90. The van der Waals surface area contributed by atoms with Crippen molar-refractivity contribution in [3.8, 4) is 6.07 Å². The quantitative estimate of drug-likeness (QED) is 0.873. The molecule has 1 aliphatic rings. The summed E-state index contributed by atoms with van der Waals surface area (Å²) in [6, 6.07) is 5.84. The molecule has 0 unspecified atom stereocenters. The third-order valence-corrected chi connectivity index (χ3v) is 3.70. The molecular formula is C12H16N4S. The van der Waals surface area contributed by atoms with Crippen molar-refractivity contribution < 1.29 is 0 Å². The SMILES string of the molecule is N#Cc1ncccc1NCCN1CCSCC1. The lowest BCUT2D eigenvalue weighted by atomic mass is 10.3. The van der Waals surface area contributed by atoms with Crippen LogP contribution in [0.4, 0.5) is 5.69 Å². The van der Waals surface area contributed by atoms with Crippen LogP contribution in [0.3, 0.4) is 0 Å². The second kappa shape index (κ2) is 6.48. The molecule has 0 aromatic carbocycles. The zero-order chi connectivity index (χ0) is 11.9.